The zero-order chi connectivity index (χ0) is 21.3. The van der Waals surface area contributed by atoms with E-state index in [1.54, 1.807) is 7.11 Å². The first-order valence-electron chi connectivity index (χ1n) is 11.0. The third-order valence-corrected chi connectivity index (χ3v) is 6.52. The molecule has 9 heteroatoms. The van der Waals surface area contributed by atoms with Crippen molar-refractivity contribution in [3.8, 4) is 17.2 Å². The molecule has 3 aliphatic rings. The van der Waals surface area contributed by atoms with Gasteiger partial charge >= 0.3 is 6.01 Å². The monoisotopic (exact) mass is 428 g/mol. The molecule has 0 bridgehead atoms. The highest BCUT2D eigenvalue weighted by molar-refractivity contribution is 5.79. The fourth-order valence-electron chi connectivity index (χ4n) is 4.62. The summed E-state index contributed by atoms with van der Waals surface area (Å²) < 4.78 is 22.6. The van der Waals surface area contributed by atoms with Gasteiger partial charge in [-0.05, 0) is 37.1 Å². The SMILES string of the molecule is COc1ccc(-c2nnc(N3CCC(C(=O)N4CCC5(CC4)OCCO5)CC3)o2)cc1. The molecule has 5 rings (SSSR count). The minimum atomic E-state index is -0.445. The zero-order valence-electron chi connectivity index (χ0n) is 17.8. The molecule has 0 atom stereocenters. The molecule has 3 aliphatic heterocycles. The molecule has 31 heavy (non-hydrogen) atoms. The van der Waals surface area contributed by atoms with Crippen molar-refractivity contribution in [1.29, 1.82) is 0 Å². The Morgan fingerprint density at radius 3 is 2.35 bits per heavy atom. The van der Waals surface area contributed by atoms with Crippen molar-refractivity contribution in [2.24, 2.45) is 5.92 Å². The second kappa shape index (κ2) is 8.47. The highest BCUT2D eigenvalue weighted by Crippen LogP contribution is 2.33. The zero-order valence-corrected chi connectivity index (χ0v) is 17.8. The van der Waals surface area contributed by atoms with E-state index < -0.39 is 5.79 Å². The molecule has 0 radical (unpaired) electrons. The second-order valence-corrected chi connectivity index (χ2v) is 8.31. The van der Waals surface area contributed by atoms with Crippen LogP contribution in [0, 0.1) is 5.92 Å². The number of likely N-dealkylation sites (tertiary alicyclic amines) is 1. The molecule has 9 nitrogen and oxygen atoms in total. The van der Waals surface area contributed by atoms with Crippen LogP contribution < -0.4 is 9.64 Å². The fraction of sp³-hybridized carbons (Fsp3) is 0.591. The van der Waals surface area contributed by atoms with Gasteiger partial charge in [0.05, 0.1) is 20.3 Å². The molecular weight excluding hydrogens is 400 g/mol. The topological polar surface area (TPSA) is 90.2 Å². The Bertz CT molecular complexity index is 891. The van der Waals surface area contributed by atoms with E-state index in [1.165, 1.54) is 0 Å². The van der Waals surface area contributed by atoms with Gasteiger partial charge in [-0.15, -0.1) is 5.10 Å². The van der Waals surface area contributed by atoms with Crippen molar-refractivity contribution in [2.45, 2.75) is 31.5 Å². The van der Waals surface area contributed by atoms with Crippen LogP contribution >= 0.6 is 0 Å². The Morgan fingerprint density at radius 1 is 1.03 bits per heavy atom. The van der Waals surface area contributed by atoms with E-state index in [4.69, 9.17) is 18.6 Å². The lowest BCUT2D eigenvalue weighted by atomic mass is 9.93. The van der Waals surface area contributed by atoms with Crippen molar-refractivity contribution in [1.82, 2.24) is 15.1 Å². The number of amides is 1. The largest absolute Gasteiger partial charge is 0.497 e. The van der Waals surface area contributed by atoms with Gasteiger partial charge in [0.2, 0.25) is 11.8 Å². The van der Waals surface area contributed by atoms with Crippen molar-refractivity contribution in [3.05, 3.63) is 24.3 Å². The lowest BCUT2D eigenvalue weighted by molar-refractivity contribution is -0.188. The highest BCUT2D eigenvalue weighted by Gasteiger charge is 2.42. The maximum absolute atomic E-state index is 13.0. The highest BCUT2D eigenvalue weighted by atomic mass is 16.7. The van der Waals surface area contributed by atoms with Crippen LogP contribution in [0.1, 0.15) is 25.7 Å². The number of carbonyl (C=O) groups is 1. The van der Waals surface area contributed by atoms with E-state index in [0.29, 0.717) is 38.2 Å². The average molecular weight is 428 g/mol. The Morgan fingerprint density at radius 2 is 1.71 bits per heavy atom. The number of ether oxygens (including phenoxy) is 3. The van der Waals surface area contributed by atoms with Crippen LogP contribution in [-0.2, 0) is 14.3 Å². The van der Waals surface area contributed by atoms with Gasteiger partial charge in [-0.1, -0.05) is 5.10 Å². The van der Waals surface area contributed by atoms with Gasteiger partial charge < -0.3 is 28.4 Å². The predicted octanol–water partition coefficient (Wildman–Crippen LogP) is 2.33. The Hall–Kier alpha value is -2.65. The van der Waals surface area contributed by atoms with Crippen LogP contribution in [0.2, 0.25) is 0 Å². The number of hydrogen-bond donors (Lipinski definition) is 0. The number of hydrogen-bond acceptors (Lipinski definition) is 8. The van der Waals surface area contributed by atoms with Crippen molar-refractivity contribution < 1.29 is 23.4 Å². The minimum absolute atomic E-state index is 0.0414. The van der Waals surface area contributed by atoms with Crippen molar-refractivity contribution >= 4 is 11.9 Å². The summed E-state index contributed by atoms with van der Waals surface area (Å²) in [6, 6.07) is 8.02. The average Bonchev–Trinajstić information content (AvgIpc) is 3.50. The van der Waals surface area contributed by atoms with E-state index in [9.17, 15) is 4.79 Å². The number of piperidine rings is 2. The van der Waals surface area contributed by atoms with E-state index in [2.05, 4.69) is 15.1 Å². The van der Waals surface area contributed by atoms with E-state index in [0.717, 1.165) is 50.1 Å². The first-order valence-corrected chi connectivity index (χ1v) is 11.0. The van der Waals surface area contributed by atoms with Gasteiger partial charge in [0.15, 0.2) is 5.79 Å². The molecule has 4 heterocycles. The number of anilines is 1. The van der Waals surface area contributed by atoms with Crippen LogP contribution in [0.4, 0.5) is 6.01 Å². The van der Waals surface area contributed by atoms with Gasteiger partial charge in [0.1, 0.15) is 5.75 Å². The molecular formula is C22H28N4O5. The van der Waals surface area contributed by atoms with Gasteiger partial charge in [0, 0.05) is 50.5 Å². The van der Waals surface area contributed by atoms with E-state index in [-0.39, 0.29) is 11.8 Å². The molecule has 166 valence electrons. The molecule has 3 fully saturated rings. The van der Waals surface area contributed by atoms with Crippen LogP contribution in [0.5, 0.6) is 5.75 Å². The number of benzene rings is 1. The summed E-state index contributed by atoms with van der Waals surface area (Å²) >= 11 is 0. The van der Waals surface area contributed by atoms with Gasteiger partial charge in [-0.2, -0.15) is 0 Å². The van der Waals surface area contributed by atoms with Crippen molar-refractivity contribution in [2.75, 3.05) is 51.4 Å². The molecule has 0 saturated carbocycles. The van der Waals surface area contributed by atoms with E-state index in [1.807, 2.05) is 29.2 Å². The first-order chi connectivity index (χ1) is 15.2. The molecule has 1 amide bonds. The number of methoxy groups -OCH3 is 1. The van der Waals surface area contributed by atoms with Crippen molar-refractivity contribution in [3.63, 3.8) is 0 Å². The maximum Gasteiger partial charge on any atom is 0.318 e. The third kappa shape index (κ3) is 4.12. The molecule has 2 aromatic rings. The van der Waals surface area contributed by atoms with Crippen LogP contribution in [0.3, 0.4) is 0 Å². The first kappa shape index (κ1) is 20.3. The smallest absolute Gasteiger partial charge is 0.318 e. The third-order valence-electron chi connectivity index (χ3n) is 6.52. The Balaban J connectivity index is 1.14. The summed E-state index contributed by atoms with van der Waals surface area (Å²) in [7, 11) is 1.63. The Labute approximate surface area is 181 Å². The fourth-order valence-corrected chi connectivity index (χ4v) is 4.62. The Kier molecular flexibility index (Phi) is 5.54. The molecule has 1 aromatic heterocycles. The number of aromatic nitrogens is 2. The van der Waals surface area contributed by atoms with Gasteiger partial charge in [-0.25, -0.2) is 0 Å². The number of carbonyl (C=O) groups excluding carboxylic acids is 1. The number of nitrogens with zero attached hydrogens (tertiary/aromatic N) is 4. The lowest BCUT2D eigenvalue weighted by Crippen LogP contribution is -2.50. The van der Waals surface area contributed by atoms with E-state index >= 15 is 0 Å². The summed E-state index contributed by atoms with van der Waals surface area (Å²) in [5.41, 5.74) is 0.850. The lowest BCUT2D eigenvalue weighted by Gasteiger charge is -2.40. The quantitative estimate of drug-likeness (QED) is 0.733. The normalized spacial score (nSPS) is 21.6. The van der Waals surface area contributed by atoms with Gasteiger partial charge in [-0.3, -0.25) is 4.79 Å². The van der Waals surface area contributed by atoms with Crippen LogP contribution in [0.25, 0.3) is 11.5 Å². The molecule has 3 saturated heterocycles. The number of rotatable bonds is 4. The molecule has 1 spiro atoms. The molecule has 0 N–H and O–H groups in total. The summed E-state index contributed by atoms with van der Waals surface area (Å²) in [6.45, 7) is 4.17. The second-order valence-electron chi connectivity index (χ2n) is 8.31. The molecule has 0 aliphatic carbocycles. The summed E-state index contributed by atoms with van der Waals surface area (Å²) in [6.07, 6.45) is 3.09. The van der Waals surface area contributed by atoms with Gasteiger partial charge in [0.25, 0.3) is 0 Å². The standard InChI is InChI=1S/C22H28N4O5/c1-28-18-4-2-16(3-5-18)19-23-24-21(31-19)26-10-6-17(7-11-26)20(27)25-12-8-22(9-13-25)29-14-15-30-22/h2-5,17H,6-15H2,1H3. The molecule has 0 unspecified atom stereocenters. The van der Waals surface area contributed by atoms with Crippen LogP contribution in [-0.4, -0.2) is 73.3 Å². The predicted molar refractivity (Wildman–Crippen MR) is 112 cm³/mol. The summed E-state index contributed by atoms with van der Waals surface area (Å²) in [4.78, 5) is 17.0. The van der Waals surface area contributed by atoms with Crippen LogP contribution in [0.15, 0.2) is 28.7 Å². The minimum Gasteiger partial charge on any atom is -0.497 e. The molecule has 1 aromatic carbocycles. The summed E-state index contributed by atoms with van der Waals surface area (Å²) in [5.74, 6) is 1.10. The maximum atomic E-state index is 13.0. The summed E-state index contributed by atoms with van der Waals surface area (Å²) in [5, 5.41) is 8.40.